The maximum Gasteiger partial charge on any atom is 0.161 e. The first-order chi connectivity index (χ1) is 22.3. The van der Waals surface area contributed by atoms with Gasteiger partial charge in [0.25, 0.3) is 0 Å². The van der Waals surface area contributed by atoms with Crippen molar-refractivity contribution in [2.24, 2.45) is 0 Å². The van der Waals surface area contributed by atoms with Gasteiger partial charge in [-0.3, -0.25) is 9.38 Å². The van der Waals surface area contributed by atoms with E-state index in [1.165, 1.54) is 16.2 Å². The maximum atomic E-state index is 6.41. The number of hydrogen-bond acceptors (Lipinski definition) is 3. The van der Waals surface area contributed by atoms with Crippen LogP contribution in [0.5, 0.6) is 0 Å². The first kappa shape index (κ1) is 23.3. The summed E-state index contributed by atoms with van der Waals surface area (Å²) in [6.45, 7) is 0. The molecule has 0 bridgehead atoms. The molecule has 0 radical (unpaired) electrons. The summed E-state index contributed by atoms with van der Waals surface area (Å²) in [6, 6.07) is 45.0. The van der Waals surface area contributed by atoms with Crippen molar-refractivity contribution < 1.29 is 4.42 Å². The fourth-order valence-electron chi connectivity index (χ4n) is 7.59. The third-order valence-electron chi connectivity index (χ3n) is 9.51. The molecule has 11 rings (SSSR count). The van der Waals surface area contributed by atoms with E-state index < -0.39 is 0 Å². The zero-order valence-corrected chi connectivity index (χ0v) is 23.9. The van der Waals surface area contributed by atoms with Gasteiger partial charge in [0.05, 0.1) is 27.6 Å². The smallest absolute Gasteiger partial charge is 0.161 e. The van der Waals surface area contributed by atoms with E-state index in [4.69, 9.17) is 14.4 Å². The Morgan fingerprint density at radius 1 is 0.511 bits per heavy atom. The lowest BCUT2D eigenvalue weighted by Gasteiger charge is -2.10. The zero-order chi connectivity index (χ0) is 29.2. The lowest BCUT2D eigenvalue weighted by Crippen LogP contribution is -1.95. The Morgan fingerprint density at radius 3 is 2.07 bits per heavy atom. The summed E-state index contributed by atoms with van der Waals surface area (Å²) in [6.07, 6.45) is 2.00. The van der Waals surface area contributed by atoms with Crippen LogP contribution in [-0.4, -0.2) is 18.9 Å². The molecule has 0 fully saturated rings. The molecule has 0 spiro atoms. The van der Waals surface area contributed by atoms with Crippen LogP contribution in [0.3, 0.4) is 0 Å². The van der Waals surface area contributed by atoms with Gasteiger partial charge < -0.3 is 8.98 Å². The minimum atomic E-state index is 0.821. The molecule has 5 heterocycles. The lowest BCUT2D eigenvalue weighted by molar-refractivity contribution is 0.671. The SMILES string of the molecule is c1ccc2c(c1)oc1c2ccc2c1ncc1c3ccccc3n(-c3ccc4c(c3)nc3c5ccccc5c5ccccc5n43)c12. The van der Waals surface area contributed by atoms with Gasteiger partial charge in [-0.1, -0.05) is 78.9 Å². The number of para-hydroxylation sites is 3. The number of nitrogens with zero attached hydrogens (tertiary/aromatic N) is 4. The minimum Gasteiger partial charge on any atom is -0.454 e. The second kappa shape index (κ2) is 8.24. The summed E-state index contributed by atoms with van der Waals surface area (Å²) in [4.78, 5) is 10.3. The molecule has 0 unspecified atom stereocenters. The molecular formula is C40H22N4O. The molecule has 208 valence electrons. The minimum absolute atomic E-state index is 0.821. The topological polar surface area (TPSA) is 48.3 Å². The fourth-order valence-corrected chi connectivity index (χ4v) is 7.59. The summed E-state index contributed by atoms with van der Waals surface area (Å²) in [7, 11) is 0. The van der Waals surface area contributed by atoms with Crippen molar-refractivity contribution in [1.82, 2.24) is 18.9 Å². The van der Waals surface area contributed by atoms with Crippen LogP contribution in [0.2, 0.25) is 0 Å². The predicted molar refractivity (Wildman–Crippen MR) is 185 cm³/mol. The highest BCUT2D eigenvalue weighted by Crippen LogP contribution is 2.40. The summed E-state index contributed by atoms with van der Waals surface area (Å²) >= 11 is 0. The molecule has 11 aromatic rings. The van der Waals surface area contributed by atoms with E-state index in [1.807, 2.05) is 18.3 Å². The highest BCUT2D eigenvalue weighted by Gasteiger charge is 2.20. The fraction of sp³-hybridized carbons (Fsp3) is 0. The van der Waals surface area contributed by atoms with E-state index in [-0.39, 0.29) is 0 Å². The average molecular weight is 575 g/mol. The van der Waals surface area contributed by atoms with Crippen LogP contribution in [0, 0.1) is 0 Å². The molecule has 0 amide bonds. The normalized spacial score (nSPS) is 12.4. The maximum absolute atomic E-state index is 6.41. The van der Waals surface area contributed by atoms with E-state index in [0.717, 1.165) is 82.5 Å². The third kappa shape index (κ3) is 2.92. The van der Waals surface area contributed by atoms with Gasteiger partial charge in [0.2, 0.25) is 0 Å². The number of imidazole rings is 1. The Hall–Kier alpha value is -6.20. The number of benzene rings is 6. The number of hydrogen-bond donors (Lipinski definition) is 0. The van der Waals surface area contributed by atoms with Crippen molar-refractivity contribution in [3.8, 4) is 5.69 Å². The molecule has 0 aliphatic heterocycles. The molecule has 45 heavy (non-hydrogen) atoms. The summed E-state index contributed by atoms with van der Waals surface area (Å²) in [5.41, 5.74) is 10.0. The van der Waals surface area contributed by atoms with Crippen LogP contribution >= 0.6 is 0 Å². The number of aromatic nitrogens is 4. The Balaban J connectivity index is 1.27. The van der Waals surface area contributed by atoms with Gasteiger partial charge in [-0.05, 0) is 53.9 Å². The monoisotopic (exact) mass is 574 g/mol. The Kier molecular flexibility index (Phi) is 4.26. The van der Waals surface area contributed by atoms with Gasteiger partial charge in [-0.15, -0.1) is 0 Å². The van der Waals surface area contributed by atoms with E-state index >= 15 is 0 Å². The van der Waals surface area contributed by atoms with Gasteiger partial charge in [0.15, 0.2) is 5.58 Å². The van der Waals surface area contributed by atoms with Crippen LogP contribution in [0.4, 0.5) is 0 Å². The molecule has 0 aliphatic carbocycles. The van der Waals surface area contributed by atoms with Gasteiger partial charge in [-0.2, -0.15) is 0 Å². The summed E-state index contributed by atoms with van der Waals surface area (Å²) < 4.78 is 11.1. The van der Waals surface area contributed by atoms with Crippen molar-refractivity contribution in [1.29, 1.82) is 0 Å². The Bertz CT molecular complexity index is 3050. The number of pyridine rings is 2. The molecular weight excluding hydrogens is 552 g/mol. The molecule has 0 atom stereocenters. The molecule has 0 saturated carbocycles. The largest absolute Gasteiger partial charge is 0.454 e. The quantitative estimate of drug-likeness (QED) is 0.183. The number of furan rings is 1. The Labute approximate surface area is 255 Å². The van der Waals surface area contributed by atoms with Gasteiger partial charge in [0.1, 0.15) is 16.7 Å². The predicted octanol–water partition coefficient (Wildman–Crippen LogP) is 10.3. The van der Waals surface area contributed by atoms with Crippen molar-refractivity contribution in [3.63, 3.8) is 0 Å². The van der Waals surface area contributed by atoms with Gasteiger partial charge in [0, 0.05) is 49.6 Å². The zero-order valence-electron chi connectivity index (χ0n) is 23.9. The van der Waals surface area contributed by atoms with Crippen molar-refractivity contribution in [2.75, 3.05) is 0 Å². The average Bonchev–Trinajstić information content (AvgIpc) is 3.78. The lowest BCUT2D eigenvalue weighted by atomic mass is 10.1. The molecule has 5 nitrogen and oxygen atoms in total. The van der Waals surface area contributed by atoms with Crippen LogP contribution in [0.15, 0.2) is 138 Å². The Morgan fingerprint density at radius 2 is 1.20 bits per heavy atom. The van der Waals surface area contributed by atoms with Crippen molar-refractivity contribution in [2.45, 2.75) is 0 Å². The summed E-state index contributed by atoms with van der Waals surface area (Å²) in [5.74, 6) is 0. The molecule has 0 aliphatic rings. The molecule has 0 N–H and O–H groups in total. The van der Waals surface area contributed by atoms with Crippen molar-refractivity contribution in [3.05, 3.63) is 134 Å². The van der Waals surface area contributed by atoms with E-state index in [1.54, 1.807) is 0 Å². The molecule has 5 aromatic heterocycles. The van der Waals surface area contributed by atoms with E-state index in [0.29, 0.717) is 0 Å². The standard InChI is InChI=1S/C40H22N4O/c1-2-13-29-24(9-1)25-10-3-7-15-34(25)44-35-20-17-23(21-32(35)42-40(29)44)43-33-14-6-4-11-26(33)31-22-41-37-30(38(31)43)19-18-28-27-12-5-8-16-36(27)45-39(28)37/h1-22H. The van der Waals surface area contributed by atoms with Crippen LogP contribution in [0.25, 0.3) is 98.7 Å². The third-order valence-corrected chi connectivity index (χ3v) is 9.51. The first-order valence-corrected chi connectivity index (χ1v) is 15.2. The first-order valence-electron chi connectivity index (χ1n) is 15.2. The second-order valence-electron chi connectivity index (χ2n) is 11.8. The summed E-state index contributed by atoms with van der Waals surface area (Å²) in [5, 5.41) is 9.11. The molecule has 5 heteroatoms. The second-order valence-corrected chi connectivity index (χ2v) is 11.8. The van der Waals surface area contributed by atoms with Crippen molar-refractivity contribution >= 4 is 93.0 Å². The molecule has 0 saturated heterocycles. The number of rotatable bonds is 1. The number of fused-ring (bicyclic) bond motifs is 17. The molecule has 6 aromatic carbocycles. The van der Waals surface area contributed by atoms with E-state index in [9.17, 15) is 0 Å². The van der Waals surface area contributed by atoms with E-state index in [2.05, 4.69) is 124 Å². The highest BCUT2D eigenvalue weighted by atomic mass is 16.3. The van der Waals surface area contributed by atoms with Crippen LogP contribution in [0.1, 0.15) is 0 Å². The van der Waals surface area contributed by atoms with Gasteiger partial charge >= 0.3 is 0 Å². The van der Waals surface area contributed by atoms with Gasteiger partial charge in [-0.25, -0.2) is 4.98 Å². The van der Waals surface area contributed by atoms with Crippen LogP contribution < -0.4 is 0 Å². The highest BCUT2D eigenvalue weighted by molar-refractivity contribution is 6.23. The van der Waals surface area contributed by atoms with Crippen LogP contribution in [-0.2, 0) is 0 Å².